The molecule has 1 aromatic rings. The first-order chi connectivity index (χ1) is 10.6. The van der Waals surface area contributed by atoms with E-state index < -0.39 is 11.9 Å². The highest BCUT2D eigenvalue weighted by Gasteiger charge is 2.16. The quantitative estimate of drug-likeness (QED) is 0.623. The van der Waals surface area contributed by atoms with Crippen molar-refractivity contribution in [3.8, 4) is 0 Å². The second-order valence-electron chi connectivity index (χ2n) is 4.62. The SMILES string of the molecule is COCCOCC(=O)N[C@H](C/C=C/c1ccccc1)C(N)=O. The summed E-state index contributed by atoms with van der Waals surface area (Å²) in [4.78, 5) is 23.0. The molecule has 6 heteroatoms. The summed E-state index contributed by atoms with van der Waals surface area (Å²) >= 11 is 0. The van der Waals surface area contributed by atoms with Crippen LogP contribution in [0.15, 0.2) is 36.4 Å². The number of ether oxygens (including phenoxy) is 2. The lowest BCUT2D eigenvalue weighted by molar-refractivity contribution is -0.130. The monoisotopic (exact) mass is 306 g/mol. The van der Waals surface area contributed by atoms with Crippen molar-refractivity contribution in [3.63, 3.8) is 0 Å². The van der Waals surface area contributed by atoms with Crippen molar-refractivity contribution in [2.45, 2.75) is 12.5 Å². The predicted molar refractivity (Wildman–Crippen MR) is 83.9 cm³/mol. The normalized spacial score (nSPS) is 12.2. The third-order valence-corrected chi connectivity index (χ3v) is 2.83. The van der Waals surface area contributed by atoms with E-state index in [0.717, 1.165) is 5.56 Å². The van der Waals surface area contributed by atoms with E-state index in [1.807, 2.05) is 36.4 Å². The molecular formula is C16H22N2O4. The third kappa shape index (κ3) is 7.56. The molecule has 0 aliphatic carbocycles. The topological polar surface area (TPSA) is 90.7 Å². The van der Waals surface area contributed by atoms with Gasteiger partial charge in [-0.05, 0) is 12.0 Å². The van der Waals surface area contributed by atoms with E-state index in [4.69, 9.17) is 15.2 Å². The Hall–Kier alpha value is -2.18. The van der Waals surface area contributed by atoms with Crippen LogP contribution in [-0.2, 0) is 19.1 Å². The van der Waals surface area contributed by atoms with Gasteiger partial charge in [0.05, 0.1) is 13.2 Å². The Labute approximate surface area is 130 Å². The van der Waals surface area contributed by atoms with E-state index in [1.54, 1.807) is 13.2 Å². The van der Waals surface area contributed by atoms with E-state index in [9.17, 15) is 9.59 Å². The molecule has 2 amide bonds. The van der Waals surface area contributed by atoms with Crippen LogP contribution in [0.3, 0.4) is 0 Å². The molecule has 0 fully saturated rings. The summed E-state index contributed by atoms with van der Waals surface area (Å²) < 4.78 is 9.88. The number of primary amides is 1. The van der Waals surface area contributed by atoms with Crippen LogP contribution < -0.4 is 11.1 Å². The Kier molecular flexibility index (Phi) is 8.56. The molecule has 22 heavy (non-hydrogen) atoms. The smallest absolute Gasteiger partial charge is 0.246 e. The van der Waals surface area contributed by atoms with Crippen LogP contribution in [0.4, 0.5) is 0 Å². The second-order valence-corrected chi connectivity index (χ2v) is 4.62. The largest absolute Gasteiger partial charge is 0.382 e. The molecule has 6 nitrogen and oxygen atoms in total. The van der Waals surface area contributed by atoms with Gasteiger partial charge in [-0.15, -0.1) is 0 Å². The van der Waals surface area contributed by atoms with E-state index in [2.05, 4.69) is 5.32 Å². The van der Waals surface area contributed by atoms with Crippen LogP contribution in [-0.4, -0.2) is 44.8 Å². The Morgan fingerprint density at radius 3 is 2.64 bits per heavy atom. The van der Waals surface area contributed by atoms with Gasteiger partial charge in [-0.2, -0.15) is 0 Å². The first-order valence-electron chi connectivity index (χ1n) is 7.00. The highest BCUT2D eigenvalue weighted by atomic mass is 16.5. The molecule has 0 heterocycles. The minimum atomic E-state index is -0.751. The molecule has 0 bridgehead atoms. The Balaban J connectivity index is 2.40. The maximum absolute atomic E-state index is 11.6. The van der Waals surface area contributed by atoms with E-state index in [-0.39, 0.29) is 12.5 Å². The summed E-state index contributed by atoms with van der Waals surface area (Å²) in [6.45, 7) is 0.598. The van der Waals surface area contributed by atoms with Crippen molar-refractivity contribution >= 4 is 17.9 Å². The average molecular weight is 306 g/mol. The van der Waals surface area contributed by atoms with Crippen molar-refractivity contribution in [2.75, 3.05) is 26.9 Å². The first-order valence-corrected chi connectivity index (χ1v) is 7.00. The fourth-order valence-electron chi connectivity index (χ4n) is 1.69. The van der Waals surface area contributed by atoms with Gasteiger partial charge in [0.2, 0.25) is 11.8 Å². The zero-order valence-corrected chi connectivity index (χ0v) is 12.7. The molecule has 1 aromatic carbocycles. The standard InChI is InChI=1S/C16H22N2O4/c1-21-10-11-22-12-15(19)18-14(16(17)20)9-5-8-13-6-3-2-4-7-13/h2-8,14H,9-12H2,1H3,(H2,17,20)(H,18,19)/b8-5+/t14-/m1/s1. The summed E-state index contributed by atoms with van der Waals surface area (Å²) in [6, 6.07) is 8.90. The van der Waals surface area contributed by atoms with Crippen LogP contribution in [0.5, 0.6) is 0 Å². The highest BCUT2D eigenvalue weighted by molar-refractivity contribution is 5.87. The molecule has 0 saturated carbocycles. The van der Waals surface area contributed by atoms with Gasteiger partial charge in [0, 0.05) is 7.11 Å². The Morgan fingerprint density at radius 2 is 2.00 bits per heavy atom. The van der Waals surface area contributed by atoms with Gasteiger partial charge < -0.3 is 20.5 Å². The molecule has 0 aliphatic rings. The summed E-state index contributed by atoms with van der Waals surface area (Å²) in [5.41, 5.74) is 6.31. The molecule has 1 rings (SSSR count). The fraction of sp³-hybridized carbons (Fsp3) is 0.375. The molecule has 0 radical (unpaired) electrons. The summed E-state index contributed by atoms with van der Waals surface area (Å²) in [5.74, 6) is -0.962. The van der Waals surface area contributed by atoms with Crippen molar-refractivity contribution in [3.05, 3.63) is 42.0 Å². The summed E-state index contributed by atoms with van der Waals surface area (Å²) in [5, 5.41) is 2.55. The van der Waals surface area contributed by atoms with E-state index >= 15 is 0 Å². The lowest BCUT2D eigenvalue weighted by atomic mass is 10.1. The molecular weight excluding hydrogens is 284 g/mol. The highest BCUT2D eigenvalue weighted by Crippen LogP contribution is 2.03. The number of hydrogen-bond donors (Lipinski definition) is 2. The maximum atomic E-state index is 11.6. The molecule has 0 aliphatic heterocycles. The molecule has 0 unspecified atom stereocenters. The van der Waals surface area contributed by atoms with Crippen molar-refractivity contribution in [2.24, 2.45) is 5.73 Å². The minimum Gasteiger partial charge on any atom is -0.382 e. The zero-order valence-electron chi connectivity index (χ0n) is 12.7. The molecule has 120 valence electrons. The zero-order chi connectivity index (χ0) is 16.2. The van der Waals surface area contributed by atoms with Gasteiger partial charge in [0.1, 0.15) is 12.6 Å². The third-order valence-electron chi connectivity index (χ3n) is 2.83. The molecule has 0 aromatic heterocycles. The number of methoxy groups -OCH3 is 1. The molecule has 0 saturated heterocycles. The van der Waals surface area contributed by atoms with Crippen molar-refractivity contribution in [1.29, 1.82) is 0 Å². The van der Waals surface area contributed by atoms with E-state index in [1.165, 1.54) is 0 Å². The van der Waals surface area contributed by atoms with Crippen LogP contribution >= 0.6 is 0 Å². The van der Waals surface area contributed by atoms with Crippen LogP contribution in [0.25, 0.3) is 6.08 Å². The number of rotatable bonds is 10. The maximum Gasteiger partial charge on any atom is 0.246 e. The van der Waals surface area contributed by atoms with Gasteiger partial charge in [0.15, 0.2) is 0 Å². The molecule has 0 spiro atoms. The first kappa shape index (κ1) is 17.9. The van der Waals surface area contributed by atoms with Crippen LogP contribution in [0.1, 0.15) is 12.0 Å². The number of hydrogen-bond acceptors (Lipinski definition) is 4. The number of nitrogens with two attached hydrogens (primary N) is 1. The van der Waals surface area contributed by atoms with Crippen molar-refractivity contribution in [1.82, 2.24) is 5.32 Å². The Morgan fingerprint density at radius 1 is 1.27 bits per heavy atom. The van der Waals surface area contributed by atoms with E-state index in [0.29, 0.717) is 19.6 Å². The fourth-order valence-corrected chi connectivity index (χ4v) is 1.69. The lowest BCUT2D eigenvalue weighted by Gasteiger charge is -2.13. The summed E-state index contributed by atoms with van der Waals surface area (Å²) in [7, 11) is 1.55. The van der Waals surface area contributed by atoms with Gasteiger partial charge in [-0.25, -0.2) is 0 Å². The van der Waals surface area contributed by atoms with Gasteiger partial charge in [0.25, 0.3) is 0 Å². The van der Waals surface area contributed by atoms with Gasteiger partial charge in [-0.1, -0.05) is 42.5 Å². The Bertz CT molecular complexity index is 488. The number of carbonyl (C=O) groups excluding carboxylic acids is 2. The van der Waals surface area contributed by atoms with Gasteiger partial charge in [-0.3, -0.25) is 9.59 Å². The van der Waals surface area contributed by atoms with Gasteiger partial charge >= 0.3 is 0 Å². The van der Waals surface area contributed by atoms with Crippen LogP contribution in [0, 0.1) is 0 Å². The second kappa shape index (κ2) is 10.5. The number of nitrogens with one attached hydrogen (secondary N) is 1. The van der Waals surface area contributed by atoms with Crippen LogP contribution in [0.2, 0.25) is 0 Å². The number of benzene rings is 1. The lowest BCUT2D eigenvalue weighted by Crippen LogP contribution is -2.45. The predicted octanol–water partition coefficient (Wildman–Crippen LogP) is 0.723. The molecule has 1 atom stereocenters. The average Bonchev–Trinajstić information content (AvgIpc) is 2.51. The number of amides is 2. The number of carbonyl (C=O) groups is 2. The van der Waals surface area contributed by atoms with Crippen molar-refractivity contribution < 1.29 is 19.1 Å². The summed E-state index contributed by atoms with van der Waals surface area (Å²) in [6.07, 6.45) is 4.00. The minimum absolute atomic E-state index is 0.129. The molecule has 3 N–H and O–H groups in total.